The molecule has 0 radical (unpaired) electrons. The lowest BCUT2D eigenvalue weighted by Gasteiger charge is -2.16. The Labute approximate surface area is 189 Å². The van der Waals surface area contributed by atoms with E-state index in [0.717, 1.165) is 6.07 Å². The first kappa shape index (κ1) is 23.3. The van der Waals surface area contributed by atoms with Crippen molar-refractivity contribution < 1.29 is 31.1 Å². The summed E-state index contributed by atoms with van der Waals surface area (Å²) in [5, 5.41) is 15.4. The van der Waals surface area contributed by atoms with Crippen LogP contribution in [-0.4, -0.2) is 33.1 Å². The third kappa shape index (κ3) is 4.47. The molecular weight excluding hydrogens is 464 g/mol. The number of rotatable bonds is 4. The van der Waals surface area contributed by atoms with E-state index in [0.29, 0.717) is 34.8 Å². The summed E-state index contributed by atoms with van der Waals surface area (Å²) < 4.78 is 80.2. The number of aromatic nitrogens is 2. The number of nitrogens with zero attached hydrogens (tertiary/aromatic N) is 3. The summed E-state index contributed by atoms with van der Waals surface area (Å²) in [6, 6.07) is 6.08. The number of amides is 2. The monoisotopic (exact) mass is 481 g/mol. The number of hydrogen-bond donors (Lipinski definition) is 2. The van der Waals surface area contributed by atoms with Gasteiger partial charge in [0.05, 0.1) is 28.9 Å². The molecule has 3 aromatic rings. The minimum Gasteiger partial charge on any atom is -0.304 e. The van der Waals surface area contributed by atoms with Crippen LogP contribution in [-0.2, 0) is 18.9 Å². The summed E-state index contributed by atoms with van der Waals surface area (Å²) in [4.78, 5) is 13.1. The third-order valence-electron chi connectivity index (χ3n) is 5.29. The van der Waals surface area contributed by atoms with Crippen LogP contribution in [0.4, 0.5) is 31.1 Å². The number of urea groups is 1. The van der Waals surface area contributed by atoms with Gasteiger partial charge in [-0.05, 0) is 48.4 Å². The Hall–Kier alpha value is -3.83. The van der Waals surface area contributed by atoms with E-state index in [2.05, 4.69) is 10.4 Å². The smallest absolute Gasteiger partial charge is 0.304 e. The lowest BCUT2D eigenvalue weighted by molar-refractivity contribution is -0.143. The van der Waals surface area contributed by atoms with Crippen LogP contribution in [0.15, 0.2) is 48.3 Å². The molecule has 0 atom stereocenters. The summed E-state index contributed by atoms with van der Waals surface area (Å²) in [7, 11) is 0. The first-order chi connectivity index (χ1) is 15.9. The Bertz CT molecular complexity index is 1320. The van der Waals surface area contributed by atoms with Crippen molar-refractivity contribution in [3.05, 3.63) is 70.5 Å². The molecule has 12 heteroatoms. The number of alkyl halides is 6. The van der Waals surface area contributed by atoms with Crippen LogP contribution in [0.1, 0.15) is 29.2 Å². The normalized spacial score (nSPS) is 16.1. The second-order valence-electron chi connectivity index (χ2n) is 7.59. The number of carbonyl (C=O) groups excluding carboxylic acids is 1. The standard InChI is InChI=1S/C22H17F6N5O/c1-2-33-19(29)18(30-20(33)34)8-12-3-6-17-14(7-12)11-32(31-17)10-13-4-5-15(21(23,24)25)9-16(13)22(26,27)28/h3-9,11,29H,2,10H2,1H3,(H,30,34)/b18-8-,29-19?. The van der Waals surface area contributed by atoms with E-state index in [4.69, 9.17) is 5.41 Å². The van der Waals surface area contributed by atoms with Crippen molar-refractivity contribution in [2.75, 3.05) is 6.54 Å². The lowest BCUT2D eigenvalue weighted by atomic mass is 10.0. The SMILES string of the molecule is CCN1C(=N)/C(=C/c2ccc3nn(Cc4ccc(C(F)(F)F)cc4C(F)(F)F)cc3c2)NC1=O. The van der Waals surface area contributed by atoms with Gasteiger partial charge in [-0.3, -0.25) is 15.0 Å². The van der Waals surface area contributed by atoms with E-state index in [1.54, 1.807) is 31.2 Å². The molecule has 2 heterocycles. The molecule has 1 aliphatic heterocycles. The van der Waals surface area contributed by atoms with Gasteiger partial charge in [0, 0.05) is 18.1 Å². The molecule has 0 spiro atoms. The minimum atomic E-state index is -4.97. The van der Waals surface area contributed by atoms with Crippen molar-refractivity contribution in [1.29, 1.82) is 5.41 Å². The lowest BCUT2D eigenvalue weighted by Crippen LogP contribution is -2.29. The molecule has 2 aromatic carbocycles. The number of halogens is 6. The third-order valence-corrected chi connectivity index (χ3v) is 5.29. The number of likely N-dealkylation sites (N-methyl/N-ethyl adjacent to an activating group) is 1. The van der Waals surface area contributed by atoms with Gasteiger partial charge in [0.25, 0.3) is 0 Å². The zero-order chi connectivity index (χ0) is 24.8. The Morgan fingerprint density at radius 3 is 2.41 bits per heavy atom. The Morgan fingerprint density at radius 1 is 1.06 bits per heavy atom. The summed E-state index contributed by atoms with van der Waals surface area (Å²) in [6.07, 6.45) is -6.80. The molecule has 1 aromatic heterocycles. The van der Waals surface area contributed by atoms with Gasteiger partial charge in [-0.15, -0.1) is 0 Å². The van der Waals surface area contributed by atoms with E-state index in [1.165, 1.54) is 15.8 Å². The number of carbonyl (C=O) groups is 1. The van der Waals surface area contributed by atoms with Crippen molar-refractivity contribution >= 4 is 28.8 Å². The average Bonchev–Trinajstić information content (AvgIpc) is 3.25. The fraction of sp³-hybridized carbons (Fsp3) is 0.227. The average molecular weight is 481 g/mol. The Balaban J connectivity index is 1.64. The van der Waals surface area contributed by atoms with Crippen LogP contribution in [0.25, 0.3) is 17.0 Å². The van der Waals surface area contributed by atoms with E-state index in [-0.39, 0.29) is 24.0 Å². The molecule has 2 amide bonds. The van der Waals surface area contributed by atoms with Gasteiger partial charge in [0.15, 0.2) is 5.84 Å². The highest BCUT2D eigenvalue weighted by Gasteiger charge is 2.38. The van der Waals surface area contributed by atoms with Gasteiger partial charge in [-0.1, -0.05) is 12.1 Å². The molecule has 1 fully saturated rings. The fourth-order valence-corrected chi connectivity index (χ4v) is 3.66. The first-order valence-electron chi connectivity index (χ1n) is 10.0. The molecule has 6 nitrogen and oxygen atoms in total. The van der Waals surface area contributed by atoms with Gasteiger partial charge < -0.3 is 5.32 Å². The summed E-state index contributed by atoms with van der Waals surface area (Å²) in [6.45, 7) is 1.68. The van der Waals surface area contributed by atoms with Crippen LogP contribution in [0.2, 0.25) is 0 Å². The van der Waals surface area contributed by atoms with Crippen LogP contribution in [0, 0.1) is 5.41 Å². The summed E-state index contributed by atoms with van der Waals surface area (Å²) >= 11 is 0. The van der Waals surface area contributed by atoms with E-state index in [9.17, 15) is 31.1 Å². The maximum atomic E-state index is 13.4. The van der Waals surface area contributed by atoms with Crippen molar-refractivity contribution in [3.8, 4) is 0 Å². The highest BCUT2D eigenvalue weighted by Crippen LogP contribution is 2.37. The van der Waals surface area contributed by atoms with E-state index >= 15 is 0 Å². The molecule has 34 heavy (non-hydrogen) atoms. The zero-order valence-electron chi connectivity index (χ0n) is 17.6. The fourth-order valence-electron chi connectivity index (χ4n) is 3.66. The van der Waals surface area contributed by atoms with Gasteiger partial charge in [-0.25, -0.2) is 4.79 Å². The van der Waals surface area contributed by atoms with E-state index < -0.39 is 29.5 Å². The van der Waals surface area contributed by atoms with Crippen molar-refractivity contribution in [2.45, 2.75) is 25.8 Å². The van der Waals surface area contributed by atoms with Gasteiger partial charge in [0.1, 0.15) is 0 Å². The molecule has 2 N–H and O–H groups in total. The van der Waals surface area contributed by atoms with Crippen molar-refractivity contribution in [1.82, 2.24) is 20.0 Å². The second kappa shape index (κ2) is 8.19. The predicted octanol–water partition coefficient (Wildman–Crippen LogP) is 5.49. The van der Waals surface area contributed by atoms with Crippen LogP contribution in [0.5, 0.6) is 0 Å². The predicted molar refractivity (Wildman–Crippen MR) is 112 cm³/mol. The zero-order valence-corrected chi connectivity index (χ0v) is 17.6. The van der Waals surface area contributed by atoms with Crippen LogP contribution in [0.3, 0.4) is 0 Å². The van der Waals surface area contributed by atoms with E-state index in [1.807, 2.05) is 0 Å². The molecule has 0 aliphatic carbocycles. The molecule has 0 saturated carbocycles. The Morgan fingerprint density at radius 2 is 1.79 bits per heavy atom. The largest absolute Gasteiger partial charge is 0.416 e. The summed E-state index contributed by atoms with van der Waals surface area (Å²) in [5.41, 5.74) is -1.71. The van der Waals surface area contributed by atoms with Crippen molar-refractivity contribution in [3.63, 3.8) is 0 Å². The number of fused-ring (bicyclic) bond motifs is 1. The Kier molecular flexibility index (Phi) is 5.62. The first-order valence-corrected chi connectivity index (χ1v) is 10.0. The van der Waals surface area contributed by atoms with Gasteiger partial charge >= 0.3 is 18.4 Å². The maximum absolute atomic E-state index is 13.4. The number of benzene rings is 2. The van der Waals surface area contributed by atoms with Gasteiger partial charge in [0.2, 0.25) is 0 Å². The topological polar surface area (TPSA) is 74.0 Å². The van der Waals surface area contributed by atoms with Gasteiger partial charge in [-0.2, -0.15) is 31.4 Å². The van der Waals surface area contributed by atoms with Crippen LogP contribution >= 0.6 is 0 Å². The highest BCUT2D eigenvalue weighted by atomic mass is 19.4. The quantitative estimate of drug-likeness (QED) is 0.484. The molecule has 1 aliphatic rings. The molecule has 4 rings (SSSR count). The second-order valence-corrected chi connectivity index (χ2v) is 7.59. The minimum absolute atomic E-state index is 0.0188. The number of amidine groups is 1. The van der Waals surface area contributed by atoms with Crippen LogP contribution < -0.4 is 5.32 Å². The highest BCUT2D eigenvalue weighted by molar-refractivity contribution is 6.15. The number of hydrogen-bond acceptors (Lipinski definition) is 3. The number of nitrogens with one attached hydrogen (secondary N) is 2. The molecule has 0 unspecified atom stereocenters. The van der Waals surface area contributed by atoms with Crippen molar-refractivity contribution in [2.24, 2.45) is 0 Å². The summed E-state index contributed by atoms with van der Waals surface area (Å²) in [5.74, 6) is 0.0188. The maximum Gasteiger partial charge on any atom is 0.416 e. The molecule has 0 bridgehead atoms. The molecule has 178 valence electrons. The molecular formula is C22H17F6N5O. The molecule has 1 saturated heterocycles.